The van der Waals surface area contributed by atoms with E-state index in [4.69, 9.17) is 14.7 Å². The van der Waals surface area contributed by atoms with Crippen molar-refractivity contribution in [3.8, 4) is 11.8 Å². The quantitative estimate of drug-likeness (QED) is 0.675. The smallest absolute Gasteiger partial charge is 0.119 e. The molecule has 1 fully saturated rings. The van der Waals surface area contributed by atoms with Gasteiger partial charge in [0.25, 0.3) is 0 Å². The number of hydrogen-bond acceptors (Lipinski definition) is 3. The highest BCUT2D eigenvalue weighted by molar-refractivity contribution is 5.28. The van der Waals surface area contributed by atoms with Crippen LogP contribution in [0.3, 0.4) is 0 Å². The zero-order valence-corrected chi connectivity index (χ0v) is 7.77. The molecule has 1 heterocycles. The lowest BCUT2D eigenvalue weighted by molar-refractivity contribution is 0.263. The number of nitrogens with zero attached hydrogens (tertiary/aromatic N) is 1. The standard InChI is InChI=1S/C11H11NO2/c12-6-5-9-1-3-10(4-2-9)13-7-11-8-14-11/h1-4,11H,5,7-8H2. The van der Waals surface area contributed by atoms with E-state index in [2.05, 4.69) is 6.07 Å². The van der Waals surface area contributed by atoms with Crippen LogP contribution in [0.5, 0.6) is 5.75 Å². The molecule has 0 saturated carbocycles. The zero-order valence-electron chi connectivity index (χ0n) is 7.77. The van der Waals surface area contributed by atoms with Gasteiger partial charge in [-0.1, -0.05) is 12.1 Å². The maximum absolute atomic E-state index is 8.48. The Morgan fingerprint density at radius 1 is 1.43 bits per heavy atom. The second kappa shape index (κ2) is 4.12. The first-order valence-corrected chi connectivity index (χ1v) is 4.59. The van der Waals surface area contributed by atoms with Crippen molar-refractivity contribution < 1.29 is 9.47 Å². The SMILES string of the molecule is N#CCc1ccc(OCC2CO2)cc1. The maximum Gasteiger partial charge on any atom is 0.119 e. The fourth-order valence-corrected chi connectivity index (χ4v) is 1.15. The molecule has 1 atom stereocenters. The number of ether oxygens (including phenoxy) is 2. The lowest BCUT2D eigenvalue weighted by Gasteiger charge is -2.03. The van der Waals surface area contributed by atoms with Crippen LogP contribution in [0.1, 0.15) is 5.56 Å². The van der Waals surface area contributed by atoms with Gasteiger partial charge >= 0.3 is 0 Å². The average Bonchev–Trinajstić information content (AvgIpc) is 3.01. The summed E-state index contributed by atoms with van der Waals surface area (Å²) < 4.78 is 10.5. The first-order chi connectivity index (χ1) is 6.88. The molecule has 14 heavy (non-hydrogen) atoms. The molecule has 0 radical (unpaired) electrons. The van der Waals surface area contributed by atoms with Crippen LogP contribution in [0.25, 0.3) is 0 Å². The van der Waals surface area contributed by atoms with E-state index >= 15 is 0 Å². The van der Waals surface area contributed by atoms with E-state index in [0.29, 0.717) is 13.0 Å². The van der Waals surface area contributed by atoms with Crippen LogP contribution in [0.2, 0.25) is 0 Å². The molecule has 1 saturated heterocycles. The highest BCUT2D eigenvalue weighted by Gasteiger charge is 2.22. The molecule has 1 aliphatic rings. The largest absolute Gasteiger partial charge is 0.491 e. The van der Waals surface area contributed by atoms with Crippen molar-refractivity contribution in [2.45, 2.75) is 12.5 Å². The molecule has 0 aliphatic carbocycles. The minimum absolute atomic E-state index is 0.286. The second-order valence-corrected chi connectivity index (χ2v) is 3.25. The molecule has 3 heteroatoms. The molecule has 2 rings (SSSR count). The molecule has 0 aromatic heterocycles. The summed E-state index contributed by atoms with van der Waals surface area (Å²) in [5.74, 6) is 0.835. The van der Waals surface area contributed by atoms with E-state index in [0.717, 1.165) is 17.9 Å². The number of rotatable bonds is 4. The Balaban J connectivity index is 1.88. The topological polar surface area (TPSA) is 45.5 Å². The van der Waals surface area contributed by atoms with E-state index in [1.807, 2.05) is 24.3 Å². The third-order valence-corrected chi connectivity index (χ3v) is 2.04. The summed E-state index contributed by atoms with van der Waals surface area (Å²) in [6.45, 7) is 1.43. The third kappa shape index (κ3) is 2.48. The van der Waals surface area contributed by atoms with Gasteiger partial charge in [-0.25, -0.2) is 0 Å². The van der Waals surface area contributed by atoms with Crippen molar-refractivity contribution in [3.63, 3.8) is 0 Å². The number of benzene rings is 1. The molecular formula is C11H11NO2. The Bertz CT molecular complexity index is 335. The fraction of sp³-hybridized carbons (Fsp3) is 0.364. The average molecular weight is 189 g/mol. The number of epoxide rings is 1. The molecule has 72 valence electrons. The summed E-state index contributed by atoms with van der Waals surface area (Å²) in [4.78, 5) is 0. The lowest BCUT2D eigenvalue weighted by atomic mass is 10.2. The molecule has 0 N–H and O–H groups in total. The minimum Gasteiger partial charge on any atom is -0.491 e. The number of nitriles is 1. The molecule has 0 spiro atoms. The van der Waals surface area contributed by atoms with Crippen LogP contribution < -0.4 is 4.74 Å². The Morgan fingerprint density at radius 3 is 2.71 bits per heavy atom. The molecule has 1 unspecified atom stereocenters. The zero-order chi connectivity index (χ0) is 9.80. The van der Waals surface area contributed by atoms with Gasteiger partial charge in [-0.05, 0) is 17.7 Å². The second-order valence-electron chi connectivity index (χ2n) is 3.25. The van der Waals surface area contributed by atoms with Crippen molar-refractivity contribution >= 4 is 0 Å². The van der Waals surface area contributed by atoms with E-state index in [1.165, 1.54) is 0 Å². The molecule has 0 amide bonds. The monoisotopic (exact) mass is 189 g/mol. The van der Waals surface area contributed by atoms with Crippen LogP contribution in [0.15, 0.2) is 24.3 Å². The Morgan fingerprint density at radius 2 is 2.14 bits per heavy atom. The Kier molecular flexibility index (Phi) is 2.66. The normalized spacial score (nSPS) is 18.6. The molecule has 0 bridgehead atoms. The van der Waals surface area contributed by atoms with Crippen LogP contribution >= 0.6 is 0 Å². The van der Waals surface area contributed by atoms with Gasteiger partial charge in [0.05, 0.1) is 19.1 Å². The fourth-order valence-electron chi connectivity index (χ4n) is 1.15. The predicted octanol–water partition coefficient (Wildman–Crippen LogP) is 1.53. The summed E-state index contributed by atoms with van der Waals surface area (Å²) in [6.07, 6.45) is 0.736. The predicted molar refractivity (Wildman–Crippen MR) is 51.0 cm³/mol. The van der Waals surface area contributed by atoms with Gasteiger partial charge in [0.2, 0.25) is 0 Å². The van der Waals surface area contributed by atoms with Crippen LogP contribution in [-0.2, 0) is 11.2 Å². The van der Waals surface area contributed by atoms with Crippen molar-refractivity contribution in [1.82, 2.24) is 0 Å². The van der Waals surface area contributed by atoms with Crippen molar-refractivity contribution in [2.24, 2.45) is 0 Å². The van der Waals surface area contributed by atoms with Gasteiger partial charge in [0.1, 0.15) is 18.5 Å². The lowest BCUT2D eigenvalue weighted by Crippen LogP contribution is -2.03. The van der Waals surface area contributed by atoms with E-state index in [1.54, 1.807) is 0 Å². The first kappa shape index (κ1) is 9.04. The van der Waals surface area contributed by atoms with E-state index in [9.17, 15) is 0 Å². The number of hydrogen-bond donors (Lipinski definition) is 0. The summed E-state index contributed by atoms with van der Waals surface area (Å²) in [5.41, 5.74) is 1.02. The summed E-state index contributed by atoms with van der Waals surface area (Å²) in [6, 6.07) is 9.69. The molecule has 1 aromatic rings. The van der Waals surface area contributed by atoms with E-state index < -0.39 is 0 Å². The Labute approximate surface area is 82.9 Å². The van der Waals surface area contributed by atoms with Crippen molar-refractivity contribution in [3.05, 3.63) is 29.8 Å². The van der Waals surface area contributed by atoms with Gasteiger partial charge in [-0.15, -0.1) is 0 Å². The van der Waals surface area contributed by atoms with Crippen LogP contribution in [0, 0.1) is 11.3 Å². The van der Waals surface area contributed by atoms with Gasteiger partial charge in [0.15, 0.2) is 0 Å². The minimum atomic E-state index is 0.286. The van der Waals surface area contributed by atoms with Crippen molar-refractivity contribution in [2.75, 3.05) is 13.2 Å². The molecule has 1 aromatic carbocycles. The highest BCUT2D eigenvalue weighted by atomic mass is 16.6. The van der Waals surface area contributed by atoms with Crippen LogP contribution in [-0.4, -0.2) is 19.3 Å². The summed E-state index contributed by atoms with van der Waals surface area (Å²) >= 11 is 0. The van der Waals surface area contributed by atoms with Gasteiger partial charge < -0.3 is 9.47 Å². The van der Waals surface area contributed by atoms with Gasteiger partial charge in [0, 0.05) is 0 Å². The molecule has 3 nitrogen and oxygen atoms in total. The van der Waals surface area contributed by atoms with Gasteiger partial charge in [-0.3, -0.25) is 0 Å². The van der Waals surface area contributed by atoms with Gasteiger partial charge in [-0.2, -0.15) is 5.26 Å². The first-order valence-electron chi connectivity index (χ1n) is 4.59. The summed E-state index contributed by atoms with van der Waals surface area (Å²) in [7, 11) is 0. The molecular weight excluding hydrogens is 178 g/mol. The van der Waals surface area contributed by atoms with Crippen molar-refractivity contribution in [1.29, 1.82) is 5.26 Å². The third-order valence-electron chi connectivity index (χ3n) is 2.04. The van der Waals surface area contributed by atoms with E-state index in [-0.39, 0.29) is 6.10 Å². The summed E-state index contributed by atoms with van der Waals surface area (Å²) in [5, 5.41) is 8.48. The van der Waals surface area contributed by atoms with Crippen LogP contribution in [0.4, 0.5) is 0 Å². The maximum atomic E-state index is 8.48. The highest BCUT2D eigenvalue weighted by Crippen LogP contribution is 2.15. The Hall–Kier alpha value is -1.53. The molecule has 1 aliphatic heterocycles.